The van der Waals surface area contributed by atoms with E-state index in [9.17, 15) is 15.0 Å². The van der Waals surface area contributed by atoms with Crippen molar-refractivity contribution in [1.29, 1.82) is 0 Å². The van der Waals surface area contributed by atoms with Crippen LogP contribution in [-0.2, 0) is 4.79 Å². The van der Waals surface area contributed by atoms with Crippen LogP contribution >= 0.6 is 0 Å². The first-order chi connectivity index (χ1) is 7.25. The average Bonchev–Trinajstić information content (AvgIpc) is 2.24. The molecule has 3 nitrogen and oxygen atoms in total. The number of aliphatic hydroxyl groups is 2. The highest BCUT2D eigenvalue weighted by atomic mass is 16.4. The van der Waals surface area contributed by atoms with Gasteiger partial charge >= 0.3 is 0 Å². The summed E-state index contributed by atoms with van der Waals surface area (Å²) in [7, 11) is 0. The van der Waals surface area contributed by atoms with Crippen molar-refractivity contribution < 1.29 is 15.0 Å². The summed E-state index contributed by atoms with van der Waals surface area (Å²) in [6.07, 6.45) is 1.51. The SMILES string of the molecule is CC(C)(C)C1=C[C@@](C)(O)[C@@](O)(C(C)(C)C)C1=O. The van der Waals surface area contributed by atoms with Crippen molar-refractivity contribution in [3.05, 3.63) is 11.6 Å². The van der Waals surface area contributed by atoms with Crippen molar-refractivity contribution >= 4 is 5.78 Å². The van der Waals surface area contributed by atoms with E-state index in [1.54, 1.807) is 20.8 Å². The highest BCUT2D eigenvalue weighted by molar-refractivity contribution is 6.07. The summed E-state index contributed by atoms with van der Waals surface area (Å²) < 4.78 is 0. The molecule has 0 fully saturated rings. The molecule has 98 valence electrons. The third-order valence-corrected chi connectivity index (χ3v) is 3.62. The summed E-state index contributed by atoms with van der Waals surface area (Å²) in [4.78, 5) is 12.5. The quantitative estimate of drug-likeness (QED) is 0.681. The minimum Gasteiger partial charge on any atom is -0.383 e. The van der Waals surface area contributed by atoms with Crippen LogP contribution in [0.5, 0.6) is 0 Å². The van der Waals surface area contributed by atoms with Crippen LogP contribution in [0.2, 0.25) is 0 Å². The molecular weight excluding hydrogens is 216 g/mol. The molecule has 0 radical (unpaired) electrons. The van der Waals surface area contributed by atoms with Crippen molar-refractivity contribution in [3.8, 4) is 0 Å². The Kier molecular flexibility index (Phi) is 2.90. The molecule has 1 rings (SSSR count). The molecule has 2 N–H and O–H groups in total. The van der Waals surface area contributed by atoms with Crippen molar-refractivity contribution in [3.63, 3.8) is 0 Å². The molecule has 0 bridgehead atoms. The monoisotopic (exact) mass is 240 g/mol. The van der Waals surface area contributed by atoms with Gasteiger partial charge in [0, 0.05) is 11.0 Å². The number of hydrogen-bond donors (Lipinski definition) is 2. The van der Waals surface area contributed by atoms with Crippen molar-refractivity contribution in [2.75, 3.05) is 0 Å². The van der Waals surface area contributed by atoms with Gasteiger partial charge in [0.1, 0.15) is 5.60 Å². The molecule has 0 aromatic heterocycles. The number of carbonyl (C=O) groups is 1. The maximum absolute atomic E-state index is 12.5. The van der Waals surface area contributed by atoms with Crippen LogP contribution in [0.4, 0.5) is 0 Å². The number of hydrogen-bond acceptors (Lipinski definition) is 3. The van der Waals surface area contributed by atoms with E-state index in [0.29, 0.717) is 5.57 Å². The van der Waals surface area contributed by atoms with Gasteiger partial charge in [-0.2, -0.15) is 0 Å². The Morgan fingerprint density at radius 2 is 1.47 bits per heavy atom. The van der Waals surface area contributed by atoms with Gasteiger partial charge < -0.3 is 10.2 Å². The van der Waals surface area contributed by atoms with Gasteiger partial charge in [-0.1, -0.05) is 41.5 Å². The molecule has 0 aromatic rings. The Labute approximate surface area is 104 Å². The van der Waals surface area contributed by atoms with E-state index in [4.69, 9.17) is 0 Å². The van der Waals surface area contributed by atoms with Crippen LogP contribution in [0.1, 0.15) is 48.5 Å². The number of ketones is 1. The maximum atomic E-state index is 12.5. The third kappa shape index (κ3) is 1.85. The molecule has 17 heavy (non-hydrogen) atoms. The lowest BCUT2D eigenvalue weighted by Crippen LogP contribution is -2.61. The molecule has 0 amide bonds. The summed E-state index contributed by atoms with van der Waals surface area (Å²) in [5.74, 6) is -0.359. The first-order valence-corrected chi connectivity index (χ1v) is 5.98. The lowest BCUT2D eigenvalue weighted by molar-refractivity contribution is -0.177. The lowest BCUT2D eigenvalue weighted by atomic mass is 9.66. The Morgan fingerprint density at radius 3 is 1.65 bits per heavy atom. The highest BCUT2D eigenvalue weighted by Gasteiger charge is 2.63. The van der Waals surface area contributed by atoms with Gasteiger partial charge in [0.2, 0.25) is 0 Å². The predicted octanol–water partition coefficient (Wildman–Crippen LogP) is 2.07. The molecule has 2 atom stereocenters. The summed E-state index contributed by atoms with van der Waals surface area (Å²) in [6, 6.07) is 0. The molecule has 1 aliphatic rings. The number of Topliss-reactive ketones (excluding diaryl/α,β-unsaturated/α-hetero) is 1. The minimum atomic E-state index is -1.76. The van der Waals surface area contributed by atoms with Crippen LogP contribution in [0.3, 0.4) is 0 Å². The lowest BCUT2D eigenvalue weighted by Gasteiger charge is -2.43. The minimum absolute atomic E-state index is 0.359. The predicted molar refractivity (Wildman–Crippen MR) is 67.6 cm³/mol. The van der Waals surface area contributed by atoms with Gasteiger partial charge in [0.15, 0.2) is 11.4 Å². The summed E-state index contributed by atoms with van der Waals surface area (Å²) >= 11 is 0. The van der Waals surface area contributed by atoms with E-state index >= 15 is 0 Å². The summed E-state index contributed by atoms with van der Waals surface area (Å²) in [5.41, 5.74) is -3.89. The fraction of sp³-hybridized carbons (Fsp3) is 0.786. The van der Waals surface area contributed by atoms with Crippen LogP contribution in [-0.4, -0.2) is 27.2 Å². The zero-order valence-electron chi connectivity index (χ0n) is 11.9. The number of rotatable bonds is 0. The van der Waals surface area contributed by atoms with Crippen LogP contribution in [0.25, 0.3) is 0 Å². The highest BCUT2D eigenvalue weighted by Crippen LogP contribution is 2.49. The van der Waals surface area contributed by atoms with Gasteiger partial charge in [-0.15, -0.1) is 0 Å². The number of carbonyl (C=O) groups excluding carboxylic acids is 1. The van der Waals surface area contributed by atoms with E-state index < -0.39 is 16.6 Å². The van der Waals surface area contributed by atoms with Gasteiger partial charge in [0.05, 0.1) is 0 Å². The fourth-order valence-corrected chi connectivity index (χ4v) is 2.53. The second-order valence-electron chi connectivity index (χ2n) is 7.25. The second-order valence-corrected chi connectivity index (χ2v) is 7.25. The zero-order valence-corrected chi connectivity index (χ0v) is 11.9. The Balaban J connectivity index is 3.41. The van der Waals surface area contributed by atoms with Gasteiger partial charge in [-0.05, 0) is 18.4 Å². The first-order valence-electron chi connectivity index (χ1n) is 5.98. The molecule has 0 saturated carbocycles. The fourth-order valence-electron chi connectivity index (χ4n) is 2.53. The molecule has 1 aliphatic carbocycles. The Hall–Kier alpha value is -0.670. The van der Waals surface area contributed by atoms with Crippen LogP contribution in [0, 0.1) is 10.8 Å². The van der Waals surface area contributed by atoms with E-state index in [-0.39, 0.29) is 11.2 Å². The molecule has 0 aliphatic heterocycles. The van der Waals surface area contributed by atoms with Crippen molar-refractivity contribution in [1.82, 2.24) is 0 Å². The van der Waals surface area contributed by atoms with Gasteiger partial charge in [0.25, 0.3) is 0 Å². The Morgan fingerprint density at radius 1 is 1.06 bits per heavy atom. The standard InChI is InChI=1S/C14H24O3/c1-11(2,3)9-8-13(7,16)14(17,10(9)15)12(4,5)6/h8,16-17H,1-7H3/t13-,14+/m1/s1. The molecule has 0 unspecified atom stereocenters. The van der Waals surface area contributed by atoms with E-state index in [0.717, 1.165) is 0 Å². The van der Waals surface area contributed by atoms with E-state index in [1.165, 1.54) is 13.0 Å². The summed E-state index contributed by atoms with van der Waals surface area (Å²) in [6.45, 7) is 12.5. The maximum Gasteiger partial charge on any atom is 0.194 e. The zero-order chi connectivity index (χ0) is 13.9. The smallest absolute Gasteiger partial charge is 0.194 e. The van der Waals surface area contributed by atoms with Crippen LogP contribution < -0.4 is 0 Å². The largest absolute Gasteiger partial charge is 0.383 e. The normalized spacial score (nSPS) is 35.1. The van der Waals surface area contributed by atoms with Gasteiger partial charge in [-0.25, -0.2) is 0 Å². The summed E-state index contributed by atoms with van der Waals surface area (Å²) in [5, 5.41) is 21.1. The Bertz CT molecular complexity index is 377. The van der Waals surface area contributed by atoms with E-state index in [2.05, 4.69) is 0 Å². The molecule has 3 heteroatoms. The molecule has 0 saturated heterocycles. The third-order valence-electron chi connectivity index (χ3n) is 3.62. The van der Waals surface area contributed by atoms with Crippen molar-refractivity contribution in [2.45, 2.75) is 59.7 Å². The second kappa shape index (κ2) is 3.42. The van der Waals surface area contributed by atoms with E-state index in [1.807, 2.05) is 20.8 Å². The van der Waals surface area contributed by atoms with Crippen LogP contribution in [0.15, 0.2) is 11.6 Å². The molecular formula is C14H24O3. The average molecular weight is 240 g/mol. The first kappa shape index (κ1) is 14.4. The van der Waals surface area contributed by atoms with Gasteiger partial charge in [-0.3, -0.25) is 4.79 Å². The molecule has 0 spiro atoms. The molecule has 0 heterocycles. The topological polar surface area (TPSA) is 57.5 Å². The molecule has 0 aromatic carbocycles. The van der Waals surface area contributed by atoms with Crippen molar-refractivity contribution in [2.24, 2.45) is 10.8 Å².